The predicted octanol–water partition coefficient (Wildman–Crippen LogP) is 2.91. The first kappa shape index (κ1) is 11.5. The molecule has 1 aliphatic rings. The highest BCUT2D eigenvalue weighted by molar-refractivity contribution is 5.48. The fourth-order valence-corrected chi connectivity index (χ4v) is 2.64. The lowest BCUT2D eigenvalue weighted by Crippen LogP contribution is -2.08. The Morgan fingerprint density at radius 1 is 1.31 bits per heavy atom. The van der Waals surface area contributed by atoms with Crippen molar-refractivity contribution in [3.63, 3.8) is 0 Å². The van der Waals surface area contributed by atoms with Gasteiger partial charge in [-0.15, -0.1) is 0 Å². The van der Waals surface area contributed by atoms with Crippen LogP contribution in [-0.2, 0) is 0 Å². The van der Waals surface area contributed by atoms with Crippen molar-refractivity contribution in [1.29, 1.82) is 0 Å². The summed E-state index contributed by atoms with van der Waals surface area (Å²) in [6.07, 6.45) is 3.41. The van der Waals surface area contributed by atoms with Gasteiger partial charge in [-0.2, -0.15) is 0 Å². The topological polar surface area (TPSA) is 35.2 Å². The summed E-state index contributed by atoms with van der Waals surface area (Å²) in [5.41, 5.74) is 9.72. The van der Waals surface area contributed by atoms with Crippen LogP contribution in [0, 0.1) is 13.8 Å². The summed E-state index contributed by atoms with van der Waals surface area (Å²) in [5, 5.41) is 0. The van der Waals surface area contributed by atoms with Crippen molar-refractivity contribution in [2.75, 3.05) is 13.2 Å². The van der Waals surface area contributed by atoms with Crippen molar-refractivity contribution in [2.45, 2.75) is 39.0 Å². The molecule has 0 saturated carbocycles. The molecule has 2 N–H and O–H groups in total. The summed E-state index contributed by atoms with van der Waals surface area (Å²) in [6.45, 7) is 5.91. The molecule has 0 saturated heterocycles. The van der Waals surface area contributed by atoms with E-state index >= 15 is 0 Å². The lowest BCUT2D eigenvalue weighted by molar-refractivity contribution is 0.314. The predicted molar refractivity (Wildman–Crippen MR) is 67.1 cm³/mol. The Morgan fingerprint density at radius 2 is 2.06 bits per heavy atom. The molecule has 88 valence electrons. The number of hydrogen-bond acceptors (Lipinski definition) is 2. The van der Waals surface area contributed by atoms with E-state index in [1.807, 2.05) is 0 Å². The zero-order valence-corrected chi connectivity index (χ0v) is 10.3. The van der Waals surface area contributed by atoms with Crippen LogP contribution in [0.2, 0.25) is 0 Å². The molecule has 0 fully saturated rings. The van der Waals surface area contributed by atoms with Crippen LogP contribution in [0.25, 0.3) is 0 Å². The van der Waals surface area contributed by atoms with Gasteiger partial charge in [-0.05, 0) is 56.7 Å². The molecular weight excluding hydrogens is 198 g/mol. The molecule has 0 amide bonds. The first-order valence-electron chi connectivity index (χ1n) is 6.17. The summed E-state index contributed by atoms with van der Waals surface area (Å²) in [6, 6.07) is 4.35. The number of benzene rings is 1. The van der Waals surface area contributed by atoms with Gasteiger partial charge < -0.3 is 10.5 Å². The number of hydrogen-bond donors (Lipinski definition) is 1. The maximum atomic E-state index is 5.90. The summed E-state index contributed by atoms with van der Waals surface area (Å²) < 4.78 is 5.90. The number of ether oxygens (including phenoxy) is 1. The molecule has 0 bridgehead atoms. The third kappa shape index (κ3) is 2.07. The minimum Gasteiger partial charge on any atom is -0.493 e. The van der Waals surface area contributed by atoms with Gasteiger partial charge in [0.2, 0.25) is 0 Å². The molecule has 1 aromatic carbocycles. The van der Waals surface area contributed by atoms with Crippen LogP contribution in [0.3, 0.4) is 0 Å². The summed E-state index contributed by atoms with van der Waals surface area (Å²) in [4.78, 5) is 0. The Hall–Kier alpha value is -1.02. The Kier molecular flexibility index (Phi) is 3.49. The second-order valence-corrected chi connectivity index (χ2v) is 4.71. The van der Waals surface area contributed by atoms with Gasteiger partial charge in [0.05, 0.1) is 6.61 Å². The maximum Gasteiger partial charge on any atom is 0.125 e. The second kappa shape index (κ2) is 4.88. The molecule has 16 heavy (non-hydrogen) atoms. The highest BCUT2D eigenvalue weighted by Gasteiger charge is 2.22. The fourth-order valence-electron chi connectivity index (χ4n) is 2.64. The SMILES string of the molecule is Cc1ccc(C)c2c1OCCCC2CCN. The zero-order valence-electron chi connectivity index (χ0n) is 10.3. The zero-order chi connectivity index (χ0) is 11.5. The van der Waals surface area contributed by atoms with E-state index in [1.54, 1.807) is 0 Å². The van der Waals surface area contributed by atoms with Crippen LogP contribution in [0.15, 0.2) is 12.1 Å². The molecule has 1 aliphatic heterocycles. The largest absolute Gasteiger partial charge is 0.493 e. The van der Waals surface area contributed by atoms with Gasteiger partial charge in [0.15, 0.2) is 0 Å². The average Bonchev–Trinajstić information content (AvgIpc) is 2.48. The maximum absolute atomic E-state index is 5.90. The van der Waals surface area contributed by atoms with Crippen molar-refractivity contribution in [1.82, 2.24) is 0 Å². The molecule has 1 heterocycles. The van der Waals surface area contributed by atoms with Crippen molar-refractivity contribution in [2.24, 2.45) is 5.73 Å². The molecule has 1 atom stereocenters. The fraction of sp³-hybridized carbons (Fsp3) is 0.571. The molecule has 0 aromatic heterocycles. The van der Waals surface area contributed by atoms with E-state index in [-0.39, 0.29) is 0 Å². The third-order valence-electron chi connectivity index (χ3n) is 3.48. The highest BCUT2D eigenvalue weighted by atomic mass is 16.5. The van der Waals surface area contributed by atoms with E-state index in [0.29, 0.717) is 5.92 Å². The minimum atomic E-state index is 0.586. The lowest BCUT2D eigenvalue weighted by Gasteiger charge is -2.19. The molecule has 2 rings (SSSR count). The first-order chi connectivity index (χ1) is 7.74. The second-order valence-electron chi connectivity index (χ2n) is 4.71. The number of rotatable bonds is 2. The van der Waals surface area contributed by atoms with E-state index < -0.39 is 0 Å². The number of fused-ring (bicyclic) bond motifs is 1. The number of aryl methyl sites for hydroxylation is 2. The van der Waals surface area contributed by atoms with E-state index in [1.165, 1.54) is 23.1 Å². The third-order valence-corrected chi connectivity index (χ3v) is 3.48. The Balaban J connectivity index is 2.46. The molecule has 0 spiro atoms. The van der Waals surface area contributed by atoms with Crippen LogP contribution < -0.4 is 10.5 Å². The normalized spacial score (nSPS) is 19.8. The molecule has 2 nitrogen and oxygen atoms in total. The molecule has 1 unspecified atom stereocenters. The summed E-state index contributed by atoms with van der Waals surface area (Å²) in [5.74, 6) is 1.71. The minimum absolute atomic E-state index is 0.586. The van der Waals surface area contributed by atoms with Crippen molar-refractivity contribution in [3.05, 3.63) is 28.8 Å². The highest BCUT2D eigenvalue weighted by Crippen LogP contribution is 2.39. The molecule has 1 aromatic rings. The van der Waals surface area contributed by atoms with E-state index in [2.05, 4.69) is 26.0 Å². The molecule has 0 radical (unpaired) electrons. The van der Waals surface area contributed by atoms with Gasteiger partial charge in [-0.3, -0.25) is 0 Å². The van der Waals surface area contributed by atoms with Crippen molar-refractivity contribution >= 4 is 0 Å². The van der Waals surface area contributed by atoms with Crippen LogP contribution >= 0.6 is 0 Å². The van der Waals surface area contributed by atoms with Gasteiger partial charge in [0.25, 0.3) is 0 Å². The van der Waals surface area contributed by atoms with Gasteiger partial charge in [0, 0.05) is 5.56 Å². The van der Waals surface area contributed by atoms with E-state index in [9.17, 15) is 0 Å². The van der Waals surface area contributed by atoms with E-state index in [4.69, 9.17) is 10.5 Å². The average molecular weight is 219 g/mol. The number of nitrogens with two attached hydrogens (primary N) is 1. The summed E-state index contributed by atoms with van der Waals surface area (Å²) in [7, 11) is 0. The molecule has 2 heteroatoms. The standard InChI is InChI=1S/C14H21NO/c1-10-5-6-11(2)14-13(10)12(7-8-15)4-3-9-16-14/h5-6,12H,3-4,7-9,15H2,1-2H3. The lowest BCUT2D eigenvalue weighted by atomic mass is 9.87. The van der Waals surface area contributed by atoms with Crippen molar-refractivity contribution in [3.8, 4) is 5.75 Å². The Morgan fingerprint density at radius 3 is 2.81 bits per heavy atom. The smallest absolute Gasteiger partial charge is 0.125 e. The molecule has 0 aliphatic carbocycles. The van der Waals surface area contributed by atoms with Gasteiger partial charge in [-0.1, -0.05) is 12.1 Å². The molecular formula is C14H21NO. The van der Waals surface area contributed by atoms with E-state index in [0.717, 1.165) is 31.7 Å². The van der Waals surface area contributed by atoms with Crippen LogP contribution in [0.5, 0.6) is 5.75 Å². The monoisotopic (exact) mass is 219 g/mol. The summed E-state index contributed by atoms with van der Waals surface area (Å²) >= 11 is 0. The van der Waals surface area contributed by atoms with Gasteiger partial charge in [0.1, 0.15) is 5.75 Å². The van der Waals surface area contributed by atoms with Crippen LogP contribution in [0.1, 0.15) is 41.9 Å². The quantitative estimate of drug-likeness (QED) is 0.830. The Labute approximate surface area is 97.8 Å². The first-order valence-corrected chi connectivity index (χ1v) is 6.17. The van der Waals surface area contributed by atoms with Crippen LogP contribution in [-0.4, -0.2) is 13.2 Å². The Bertz CT molecular complexity index is 373. The van der Waals surface area contributed by atoms with Crippen LogP contribution in [0.4, 0.5) is 0 Å². The van der Waals surface area contributed by atoms with Gasteiger partial charge >= 0.3 is 0 Å². The van der Waals surface area contributed by atoms with Crippen molar-refractivity contribution < 1.29 is 4.74 Å². The van der Waals surface area contributed by atoms with Gasteiger partial charge in [-0.25, -0.2) is 0 Å².